The van der Waals surface area contributed by atoms with E-state index >= 15 is 0 Å². The lowest BCUT2D eigenvalue weighted by Crippen LogP contribution is -2.16. The standard InChI is InChI=1S/C24H16ClFO6/c1-29-19-9-5-14(11-20(19)30-2)22-23(32-24(28)13-3-7-16(26)8-4-13)21(27)17-12-15(25)6-10-18(17)31-22/h3-12H,1-2H3. The minimum atomic E-state index is -0.847. The Hall–Kier alpha value is -3.84. The maximum atomic E-state index is 13.3. The Kier molecular flexibility index (Phi) is 5.83. The molecule has 0 spiro atoms. The van der Waals surface area contributed by atoms with Gasteiger partial charge in [-0.15, -0.1) is 0 Å². The van der Waals surface area contributed by atoms with Gasteiger partial charge in [0.15, 0.2) is 17.3 Å². The molecule has 4 rings (SSSR count). The fraction of sp³-hybridized carbons (Fsp3) is 0.0833. The van der Waals surface area contributed by atoms with Crippen molar-refractivity contribution in [1.29, 1.82) is 0 Å². The quantitative estimate of drug-likeness (QED) is 0.371. The molecule has 0 bridgehead atoms. The highest BCUT2D eigenvalue weighted by molar-refractivity contribution is 6.31. The van der Waals surface area contributed by atoms with Gasteiger partial charge in [-0.2, -0.15) is 0 Å². The SMILES string of the molecule is COc1ccc(-c2oc3ccc(Cl)cc3c(=O)c2OC(=O)c2ccc(F)cc2)cc1OC. The monoisotopic (exact) mass is 454 g/mol. The number of carbonyl (C=O) groups excluding carboxylic acids is 1. The molecule has 4 aromatic rings. The Morgan fingerprint density at radius 3 is 2.34 bits per heavy atom. The zero-order chi connectivity index (χ0) is 22.8. The fourth-order valence-electron chi connectivity index (χ4n) is 3.15. The van der Waals surface area contributed by atoms with E-state index < -0.39 is 17.2 Å². The number of rotatable bonds is 5. The summed E-state index contributed by atoms with van der Waals surface area (Å²) in [6.45, 7) is 0. The van der Waals surface area contributed by atoms with E-state index in [4.69, 9.17) is 30.2 Å². The molecule has 0 fully saturated rings. The second-order valence-corrected chi connectivity index (χ2v) is 7.13. The summed E-state index contributed by atoms with van der Waals surface area (Å²) in [5, 5.41) is 0.461. The zero-order valence-corrected chi connectivity index (χ0v) is 17.7. The third kappa shape index (κ3) is 4.02. The Labute approximate surface area is 186 Å². The van der Waals surface area contributed by atoms with Crippen molar-refractivity contribution in [2.75, 3.05) is 14.2 Å². The van der Waals surface area contributed by atoms with Crippen LogP contribution in [-0.2, 0) is 0 Å². The van der Waals surface area contributed by atoms with Crippen LogP contribution in [0.3, 0.4) is 0 Å². The molecule has 0 saturated carbocycles. The molecule has 3 aromatic carbocycles. The first-order chi connectivity index (χ1) is 15.4. The number of hydrogen-bond donors (Lipinski definition) is 0. The molecule has 0 N–H and O–H groups in total. The van der Waals surface area contributed by atoms with E-state index in [1.807, 2.05) is 0 Å². The van der Waals surface area contributed by atoms with Gasteiger partial charge in [-0.25, -0.2) is 9.18 Å². The van der Waals surface area contributed by atoms with Crippen LogP contribution in [0.5, 0.6) is 17.2 Å². The molecule has 32 heavy (non-hydrogen) atoms. The molecule has 0 atom stereocenters. The summed E-state index contributed by atoms with van der Waals surface area (Å²) in [6.07, 6.45) is 0. The largest absolute Gasteiger partial charge is 0.493 e. The summed E-state index contributed by atoms with van der Waals surface area (Å²) in [7, 11) is 2.96. The second-order valence-electron chi connectivity index (χ2n) is 6.70. The summed E-state index contributed by atoms with van der Waals surface area (Å²) in [6, 6.07) is 14.2. The van der Waals surface area contributed by atoms with Gasteiger partial charge < -0.3 is 18.6 Å². The Balaban J connectivity index is 1.91. The maximum Gasteiger partial charge on any atom is 0.343 e. The van der Waals surface area contributed by atoms with Crippen LogP contribution in [0.2, 0.25) is 5.02 Å². The molecule has 162 valence electrons. The highest BCUT2D eigenvalue weighted by Crippen LogP contribution is 2.37. The van der Waals surface area contributed by atoms with Gasteiger partial charge >= 0.3 is 5.97 Å². The third-order valence-corrected chi connectivity index (χ3v) is 4.97. The van der Waals surface area contributed by atoms with Gasteiger partial charge in [-0.1, -0.05) is 11.6 Å². The first-order valence-electron chi connectivity index (χ1n) is 9.37. The van der Waals surface area contributed by atoms with Crippen LogP contribution in [0, 0.1) is 5.82 Å². The minimum absolute atomic E-state index is 0.0150. The molecule has 1 heterocycles. The van der Waals surface area contributed by atoms with Crippen LogP contribution in [0.15, 0.2) is 69.9 Å². The van der Waals surface area contributed by atoms with Crippen molar-refractivity contribution in [2.24, 2.45) is 0 Å². The number of methoxy groups -OCH3 is 2. The predicted octanol–water partition coefficient (Wildman–Crippen LogP) is 5.49. The molecule has 0 aliphatic heterocycles. The molecule has 0 saturated heterocycles. The van der Waals surface area contributed by atoms with E-state index in [9.17, 15) is 14.0 Å². The van der Waals surface area contributed by atoms with E-state index in [1.165, 1.54) is 32.4 Å². The number of hydrogen-bond acceptors (Lipinski definition) is 6. The van der Waals surface area contributed by atoms with Crippen molar-refractivity contribution in [3.05, 3.63) is 87.3 Å². The fourth-order valence-corrected chi connectivity index (χ4v) is 3.32. The highest BCUT2D eigenvalue weighted by atomic mass is 35.5. The lowest BCUT2D eigenvalue weighted by Gasteiger charge is -2.13. The van der Waals surface area contributed by atoms with E-state index in [0.29, 0.717) is 22.1 Å². The van der Waals surface area contributed by atoms with Crippen molar-refractivity contribution in [3.8, 4) is 28.6 Å². The predicted molar refractivity (Wildman–Crippen MR) is 117 cm³/mol. The molecule has 1 aromatic heterocycles. The van der Waals surface area contributed by atoms with Crippen LogP contribution in [0.25, 0.3) is 22.3 Å². The molecule has 8 heteroatoms. The van der Waals surface area contributed by atoms with Crippen molar-refractivity contribution in [1.82, 2.24) is 0 Å². The normalized spacial score (nSPS) is 10.8. The lowest BCUT2D eigenvalue weighted by atomic mass is 10.1. The molecule has 0 aliphatic rings. The van der Waals surface area contributed by atoms with Gasteiger partial charge in [0.1, 0.15) is 11.4 Å². The third-order valence-electron chi connectivity index (χ3n) is 4.73. The van der Waals surface area contributed by atoms with Crippen molar-refractivity contribution < 1.29 is 27.8 Å². The molecule has 0 amide bonds. The van der Waals surface area contributed by atoms with E-state index in [1.54, 1.807) is 30.3 Å². The van der Waals surface area contributed by atoms with Crippen LogP contribution >= 0.6 is 11.6 Å². The Morgan fingerprint density at radius 1 is 0.938 bits per heavy atom. The Bertz CT molecular complexity index is 1380. The van der Waals surface area contributed by atoms with Crippen molar-refractivity contribution >= 4 is 28.5 Å². The number of carbonyl (C=O) groups is 1. The van der Waals surface area contributed by atoms with Crippen LogP contribution in [0.4, 0.5) is 4.39 Å². The summed E-state index contributed by atoms with van der Waals surface area (Å²) in [5.41, 5.74) is 0.147. The number of esters is 1. The van der Waals surface area contributed by atoms with Gasteiger partial charge in [0.2, 0.25) is 11.2 Å². The molecule has 6 nitrogen and oxygen atoms in total. The van der Waals surface area contributed by atoms with E-state index in [-0.39, 0.29) is 28.0 Å². The van der Waals surface area contributed by atoms with Crippen LogP contribution in [-0.4, -0.2) is 20.2 Å². The van der Waals surface area contributed by atoms with Gasteiger partial charge in [-0.3, -0.25) is 4.79 Å². The highest BCUT2D eigenvalue weighted by Gasteiger charge is 2.22. The molecule has 0 aliphatic carbocycles. The number of benzene rings is 3. The van der Waals surface area contributed by atoms with E-state index in [0.717, 1.165) is 12.1 Å². The number of halogens is 2. The topological polar surface area (TPSA) is 75.0 Å². The first kappa shape index (κ1) is 21.4. The molecule has 0 unspecified atom stereocenters. The van der Waals surface area contributed by atoms with Gasteiger partial charge in [0, 0.05) is 10.6 Å². The van der Waals surface area contributed by atoms with Crippen LogP contribution in [0.1, 0.15) is 10.4 Å². The van der Waals surface area contributed by atoms with Crippen molar-refractivity contribution in [3.63, 3.8) is 0 Å². The molecule has 0 radical (unpaired) electrons. The summed E-state index contributed by atoms with van der Waals surface area (Å²) in [5.74, 6) is -0.814. The second kappa shape index (κ2) is 8.72. The summed E-state index contributed by atoms with van der Waals surface area (Å²) >= 11 is 6.03. The van der Waals surface area contributed by atoms with Gasteiger partial charge in [-0.05, 0) is 60.7 Å². The van der Waals surface area contributed by atoms with Crippen molar-refractivity contribution in [2.45, 2.75) is 0 Å². The lowest BCUT2D eigenvalue weighted by molar-refractivity contribution is 0.0731. The average molecular weight is 455 g/mol. The molecular weight excluding hydrogens is 439 g/mol. The summed E-state index contributed by atoms with van der Waals surface area (Å²) in [4.78, 5) is 26.0. The van der Waals surface area contributed by atoms with Gasteiger partial charge in [0.25, 0.3) is 0 Å². The van der Waals surface area contributed by atoms with E-state index in [2.05, 4.69) is 0 Å². The Morgan fingerprint density at radius 2 is 1.66 bits per heavy atom. The van der Waals surface area contributed by atoms with Gasteiger partial charge in [0.05, 0.1) is 25.2 Å². The number of fused-ring (bicyclic) bond motifs is 1. The maximum absolute atomic E-state index is 13.3. The summed E-state index contributed by atoms with van der Waals surface area (Å²) < 4.78 is 35.2. The molecular formula is C24H16ClFO6. The van der Waals surface area contributed by atoms with Crippen LogP contribution < -0.4 is 19.6 Å². The smallest absolute Gasteiger partial charge is 0.343 e. The average Bonchev–Trinajstić information content (AvgIpc) is 2.81. The zero-order valence-electron chi connectivity index (χ0n) is 17.0. The number of ether oxygens (including phenoxy) is 3. The first-order valence-corrected chi connectivity index (χ1v) is 9.75. The minimum Gasteiger partial charge on any atom is -0.493 e.